The molecular formula is C18H23FN2O2. The normalized spacial score (nSPS) is 25.1. The zero-order valence-electron chi connectivity index (χ0n) is 13.4. The van der Waals surface area contributed by atoms with Gasteiger partial charge in [-0.1, -0.05) is 18.6 Å². The van der Waals surface area contributed by atoms with Crippen LogP contribution >= 0.6 is 0 Å². The summed E-state index contributed by atoms with van der Waals surface area (Å²) in [6.07, 6.45) is 4.48. The molecule has 1 aliphatic heterocycles. The lowest BCUT2D eigenvalue weighted by molar-refractivity contribution is -0.141. The number of amides is 2. The molecule has 2 aliphatic rings. The van der Waals surface area contributed by atoms with Crippen LogP contribution in [0.15, 0.2) is 24.3 Å². The second-order valence-corrected chi connectivity index (χ2v) is 6.69. The molecule has 0 bridgehead atoms. The summed E-state index contributed by atoms with van der Waals surface area (Å²) in [5, 5.41) is 3.03. The van der Waals surface area contributed by atoms with Crippen molar-refractivity contribution in [2.45, 2.75) is 38.1 Å². The predicted molar refractivity (Wildman–Crippen MR) is 85.0 cm³/mol. The van der Waals surface area contributed by atoms with E-state index >= 15 is 0 Å². The number of carbonyl (C=O) groups is 2. The highest BCUT2D eigenvalue weighted by atomic mass is 19.1. The summed E-state index contributed by atoms with van der Waals surface area (Å²) in [5.74, 6) is -0.0931. The highest BCUT2D eigenvalue weighted by molar-refractivity contribution is 5.84. The minimum Gasteiger partial charge on any atom is -0.356 e. The number of carbonyl (C=O) groups excluding carboxylic acids is 2. The third-order valence-electron chi connectivity index (χ3n) is 5.18. The molecular weight excluding hydrogens is 295 g/mol. The number of hydrogen-bond acceptors (Lipinski definition) is 2. The van der Waals surface area contributed by atoms with Gasteiger partial charge < -0.3 is 10.2 Å². The number of benzene rings is 1. The van der Waals surface area contributed by atoms with E-state index in [1.165, 1.54) is 31.4 Å². The number of hydrogen-bond donors (Lipinski definition) is 1. The maximum absolute atomic E-state index is 13.6. The Morgan fingerprint density at radius 2 is 2.13 bits per heavy atom. The molecule has 1 saturated heterocycles. The fraction of sp³-hybridized carbons (Fsp3) is 0.556. The Morgan fingerprint density at radius 1 is 1.35 bits per heavy atom. The van der Waals surface area contributed by atoms with Crippen molar-refractivity contribution in [2.75, 3.05) is 13.6 Å². The predicted octanol–water partition coefficient (Wildman–Crippen LogP) is 2.65. The minimum absolute atomic E-state index is 0.00213. The van der Waals surface area contributed by atoms with Crippen molar-refractivity contribution in [1.82, 2.24) is 10.2 Å². The van der Waals surface area contributed by atoms with Gasteiger partial charge in [-0.2, -0.15) is 0 Å². The topological polar surface area (TPSA) is 49.4 Å². The van der Waals surface area contributed by atoms with Crippen LogP contribution in [0, 0.1) is 17.7 Å². The van der Waals surface area contributed by atoms with Gasteiger partial charge in [0, 0.05) is 20.0 Å². The fourth-order valence-corrected chi connectivity index (χ4v) is 3.53. The molecule has 23 heavy (non-hydrogen) atoms. The SMILES string of the molecule is CN1C(=O)CCC(C(=O)NCC2CCC2)C1c1cccc(F)c1. The third-order valence-corrected chi connectivity index (χ3v) is 5.18. The van der Waals surface area contributed by atoms with Crippen molar-refractivity contribution in [3.63, 3.8) is 0 Å². The number of nitrogens with one attached hydrogen (secondary N) is 1. The van der Waals surface area contributed by atoms with Crippen molar-refractivity contribution in [3.05, 3.63) is 35.6 Å². The Hall–Kier alpha value is -1.91. The van der Waals surface area contributed by atoms with E-state index in [0.717, 1.165) is 0 Å². The summed E-state index contributed by atoms with van der Waals surface area (Å²) in [6, 6.07) is 5.82. The van der Waals surface area contributed by atoms with Crippen molar-refractivity contribution in [1.29, 1.82) is 0 Å². The van der Waals surface area contributed by atoms with Crippen molar-refractivity contribution < 1.29 is 14.0 Å². The molecule has 1 aromatic carbocycles. The molecule has 2 amide bonds. The van der Waals surface area contributed by atoms with Gasteiger partial charge in [-0.05, 0) is 42.9 Å². The first-order valence-electron chi connectivity index (χ1n) is 8.35. The number of piperidine rings is 1. The summed E-state index contributed by atoms with van der Waals surface area (Å²) in [6.45, 7) is 0.711. The average Bonchev–Trinajstić information content (AvgIpc) is 2.48. The largest absolute Gasteiger partial charge is 0.356 e. The monoisotopic (exact) mass is 318 g/mol. The van der Waals surface area contributed by atoms with Gasteiger partial charge in [-0.15, -0.1) is 0 Å². The average molecular weight is 318 g/mol. The Kier molecular flexibility index (Phi) is 4.64. The quantitative estimate of drug-likeness (QED) is 0.928. The Bertz CT molecular complexity index is 600. The molecule has 1 heterocycles. The fourth-order valence-electron chi connectivity index (χ4n) is 3.53. The Morgan fingerprint density at radius 3 is 2.78 bits per heavy atom. The molecule has 1 N–H and O–H groups in total. The minimum atomic E-state index is -0.395. The first-order valence-corrected chi connectivity index (χ1v) is 8.35. The molecule has 1 saturated carbocycles. The summed E-state index contributed by atoms with van der Waals surface area (Å²) in [4.78, 5) is 26.3. The molecule has 4 nitrogen and oxygen atoms in total. The molecule has 0 radical (unpaired) electrons. The zero-order valence-corrected chi connectivity index (χ0v) is 13.4. The second kappa shape index (κ2) is 6.69. The number of nitrogens with zero attached hydrogens (tertiary/aromatic N) is 1. The van der Waals surface area contributed by atoms with Gasteiger partial charge in [-0.3, -0.25) is 9.59 Å². The molecule has 0 spiro atoms. The zero-order chi connectivity index (χ0) is 16.4. The van der Waals surface area contributed by atoms with Crippen molar-refractivity contribution in [2.24, 2.45) is 11.8 Å². The summed E-state index contributed by atoms with van der Waals surface area (Å²) >= 11 is 0. The van der Waals surface area contributed by atoms with E-state index in [1.807, 2.05) is 0 Å². The molecule has 5 heteroatoms. The third kappa shape index (κ3) is 3.38. The molecule has 0 aromatic heterocycles. The van der Waals surface area contributed by atoms with Gasteiger partial charge >= 0.3 is 0 Å². The van der Waals surface area contributed by atoms with Crippen LogP contribution in [0.25, 0.3) is 0 Å². The van der Waals surface area contributed by atoms with E-state index in [1.54, 1.807) is 24.1 Å². The van der Waals surface area contributed by atoms with Gasteiger partial charge in [0.05, 0.1) is 12.0 Å². The molecule has 2 fully saturated rings. The maximum atomic E-state index is 13.6. The van der Waals surface area contributed by atoms with Crippen LogP contribution in [-0.2, 0) is 9.59 Å². The molecule has 1 aliphatic carbocycles. The Labute approximate surface area is 136 Å². The number of likely N-dealkylation sites (tertiary alicyclic amines) is 1. The number of rotatable bonds is 4. The molecule has 2 atom stereocenters. The van der Waals surface area contributed by atoms with Crippen molar-refractivity contribution in [3.8, 4) is 0 Å². The van der Waals surface area contributed by atoms with Crippen LogP contribution in [0.4, 0.5) is 4.39 Å². The first kappa shape index (κ1) is 16.0. The van der Waals surface area contributed by atoms with Gasteiger partial charge in [0.2, 0.25) is 11.8 Å². The van der Waals surface area contributed by atoms with Crippen LogP contribution in [0.1, 0.15) is 43.7 Å². The van der Waals surface area contributed by atoms with E-state index in [9.17, 15) is 14.0 Å². The van der Waals surface area contributed by atoms with E-state index in [-0.39, 0.29) is 23.5 Å². The van der Waals surface area contributed by atoms with Crippen LogP contribution in [0.2, 0.25) is 0 Å². The second-order valence-electron chi connectivity index (χ2n) is 6.69. The standard InChI is InChI=1S/C18H23FN2O2/c1-21-16(22)9-8-15(18(23)20-11-12-4-2-5-12)17(21)13-6-3-7-14(19)10-13/h3,6-7,10,12,15,17H,2,4-5,8-9,11H2,1H3,(H,20,23). The molecule has 1 aromatic rings. The van der Waals surface area contributed by atoms with Crippen LogP contribution in [-0.4, -0.2) is 30.3 Å². The van der Waals surface area contributed by atoms with Gasteiger partial charge in [0.25, 0.3) is 0 Å². The smallest absolute Gasteiger partial charge is 0.225 e. The lowest BCUT2D eigenvalue weighted by atomic mass is 9.83. The van der Waals surface area contributed by atoms with Crippen LogP contribution in [0.5, 0.6) is 0 Å². The lowest BCUT2D eigenvalue weighted by Gasteiger charge is -2.39. The summed E-state index contributed by atoms with van der Waals surface area (Å²) in [7, 11) is 1.70. The van der Waals surface area contributed by atoms with E-state index in [2.05, 4.69) is 5.32 Å². The van der Waals surface area contributed by atoms with E-state index < -0.39 is 6.04 Å². The molecule has 124 valence electrons. The van der Waals surface area contributed by atoms with Crippen molar-refractivity contribution >= 4 is 11.8 Å². The van der Waals surface area contributed by atoms with Gasteiger partial charge in [0.1, 0.15) is 5.82 Å². The van der Waals surface area contributed by atoms with E-state index in [0.29, 0.717) is 30.9 Å². The highest BCUT2D eigenvalue weighted by Crippen LogP contribution is 2.36. The maximum Gasteiger partial charge on any atom is 0.225 e. The van der Waals surface area contributed by atoms with Gasteiger partial charge in [-0.25, -0.2) is 4.39 Å². The molecule has 3 rings (SSSR count). The molecule has 2 unspecified atom stereocenters. The van der Waals surface area contributed by atoms with Crippen LogP contribution < -0.4 is 5.32 Å². The summed E-state index contributed by atoms with van der Waals surface area (Å²) in [5.41, 5.74) is 0.685. The number of halogens is 1. The highest BCUT2D eigenvalue weighted by Gasteiger charge is 2.39. The first-order chi connectivity index (χ1) is 11.1. The van der Waals surface area contributed by atoms with Crippen LogP contribution in [0.3, 0.4) is 0 Å². The Balaban J connectivity index is 1.77. The lowest BCUT2D eigenvalue weighted by Crippen LogP contribution is -2.47. The van der Waals surface area contributed by atoms with E-state index in [4.69, 9.17) is 0 Å². The summed E-state index contributed by atoms with van der Waals surface area (Å²) < 4.78 is 13.6. The van der Waals surface area contributed by atoms with Gasteiger partial charge in [0.15, 0.2) is 0 Å².